The molecule has 96 valence electrons. The van der Waals surface area contributed by atoms with Crippen LogP contribution in [0.25, 0.3) is 0 Å². The van der Waals surface area contributed by atoms with Gasteiger partial charge in [0.1, 0.15) is 0 Å². The van der Waals surface area contributed by atoms with Gasteiger partial charge in [-0.1, -0.05) is 36.2 Å². The number of hydrogen-bond donors (Lipinski definition) is 1. The fourth-order valence-corrected chi connectivity index (χ4v) is 1.93. The smallest absolute Gasteiger partial charge is 0.0606 e. The molecule has 2 atom stereocenters. The third-order valence-corrected chi connectivity index (χ3v) is 3.60. The minimum absolute atomic E-state index is 0.199. The minimum Gasteiger partial charge on any atom is -0.393 e. The van der Waals surface area contributed by atoms with Crippen LogP contribution in [-0.2, 0) is 11.2 Å². The first-order chi connectivity index (χ1) is 8.04. The molecule has 0 spiro atoms. The molecular weight excluding hydrogens is 259 g/mol. The number of benzene rings is 1. The molecule has 1 aromatic rings. The first-order valence-corrected chi connectivity index (χ1v) is 6.41. The zero-order valence-corrected chi connectivity index (χ0v) is 11.6. The van der Waals surface area contributed by atoms with E-state index in [0.717, 1.165) is 12.0 Å². The highest BCUT2D eigenvalue weighted by molar-refractivity contribution is 6.42. The predicted octanol–water partition coefficient (Wildman–Crippen LogP) is 3.57. The Morgan fingerprint density at radius 1 is 1.29 bits per heavy atom. The summed E-state index contributed by atoms with van der Waals surface area (Å²) < 4.78 is 5.00. The zero-order valence-electron chi connectivity index (χ0n) is 10.1. The van der Waals surface area contributed by atoms with Crippen molar-refractivity contribution in [2.45, 2.75) is 25.9 Å². The summed E-state index contributed by atoms with van der Waals surface area (Å²) in [4.78, 5) is 0. The van der Waals surface area contributed by atoms with Gasteiger partial charge in [-0.2, -0.15) is 0 Å². The molecule has 0 radical (unpaired) electrons. The number of aliphatic hydroxyl groups is 1. The average molecular weight is 277 g/mol. The summed E-state index contributed by atoms with van der Waals surface area (Å²) in [5.41, 5.74) is 0.996. The largest absolute Gasteiger partial charge is 0.393 e. The lowest BCUT2D eigenvalue weighted by molar-refractivity contribution is 0.0887. The van der Waals surface area contributed by atoms with Gasteiger partial charge in [-0.05, 0) is 36.5 Å². The van der Waals surface area contributed by atoms with Gasteiger partial charge in [0.15, 0.2) is 0 Å². The molecule has 1 N–H and O–H groups in total. The van der Waals surface area contributed by atoms with Crippen molar-refractivity contribution >= 4 is 23.2 Å². The van der Waals surface area contributed by atoms with Crippen LogP contribution in [0.15, 0.2) is 18.2 Å². The standard InChI is InChI=1S/C13H18Cl2O2/c1-9(5-6-17-2)13(16)8-10-3-4-11(14)12(15)7-10/h3-4,7,9,13,16H,5-6,8H2,1-2H3. The Hall–Kier alpha value is -0.280. The van der Waals surface area contributed by atoms with E-state index in [2.05, 4.69) is 0 Å². The van der Waals surface area contributed by atoms with Gasteiger partial charge in [0.2, 0.25) is 0 Å². The number of halogens is 2. The third kappa shape index (κ3) is 4.84. The van der Waals surface area contributed by atoms with Gasteiger partial charge < -0.3 is 9.84 Å². The second kappa shape index (κ2) is 7.22. The Morgan fingerprint density at radius 3 is 2.59 bits per heavy atom. The number of ether oxygens (including phenoxy) is 1. The summed E-state index contributed by atoms with van der Waals surface area (Å²) in [6.45, 7) is 2.68. The van der Waals surface area contributed by atoms with Gasteiger partial charge in [0.25, 0.3) is 0 Å². The molecule has 2 unspecified atom stereocenters. The van der Waals surface area contributed by atoms with E-state index in [9.17, 15) is 5.11 Å². The molecule has 0 saturated heterocycles. The lowest BCUT2D eigenvalue weighted by Crippen LogP contribution is -2.21. The van der Waals surface area contributed by atoms with Crippen molar-refractivity contribution in [1.82, 2.24) is 0 Å². The Labute approximate surface area is 113 Å². The van der Waals surface area contributed by atoms with E-state index in [1.165, 1.54) is 0 Å². The monoisotopic (exact) mass is 276 g/mol. The van der Waals surface area contributed by atoms with Gasteiger partial charge in [-0.3, -0.25) is 0 Å². The van der Waals surface area contributed by atoms with Gasteiger partial charge in [-0.25, -0.2) is 0 Å². The highest BCUT2D eigenvalue weighted by atomic mass is 35.5. The molecule has 0 aliphatic rings. The summed E-state index contributed by atoms with van der Waals surface area (Å²) in [5, 5.41) is 11.1. The maximum Gasteiger partial charge on any atom is 0.0606 e. The summed E-state index contributed by atoms with van der Waals surface area (Å²) in [5.74, 6) is 0.199. The van der Waals surface area contributed by atoms with Crippen molar-refractivity contribution in [3.8, 4) is 0 Å². The van der Waals surface area contributed by atoms with E-state index in [1.54, 1.807) is 19.2 Å². The van der Waals surface area contributed by atoms with Crippen molar-refractivity contribution in [2.75, 3.05) is 13.7 Å². The summed E-state index contributed by atoms with van der Waals surface area (Å²) >= 11 is 11.8. The van der Waals surface area contributed by atoms with Gasteiger partial charge in [0, 0.05) is 13.7 Å². The summed E-state index contributed by atoms with van der Waals surface area (Å²) in [6.07, 6.45) is 1.04. The second-order valence-electron chi connectivity index (χ2n) is 4.28. The molecule has 0 amide bonds. The normalized spacial score (nSPS) is 14.6. The molecule has 0 aliphatic carbocycles. The van der Waals surface area contributed by atoms with E-state index in [-0.39, 0.29) is 12.0 Å². The molecule has 0 bridgehead atoms. The average Bonchev–Trinajstić information content (AvgIpc) is 2.30. The van der Waals surface area contributed by atoms with Crippen molar-refractivity contribution in [2.24, 2.45) is 5.92 Å². The van der Waals surface area contributed by atoms with Crippen molar-refractivity contribution in [3.05, 3.63) is 33.8 Å². The van der Waals surface area contributed by atoms with Crippen LogP contribution < -0.4 is 0 Å². The summed E-state index contributed by atoms with van der Waals surface area (Å²) in [7, 11) is 1.66. The molecule has 0 fully saturated rings. The van der Waals surface area contributed by atoms with Crippen LogP contribution in [0.3, 0.4) is 0 Å². The lowest BCUT2D eigenvalue weighted by atomic mass is 9.95. The van der Waals surface area contributed by atoms with Gasteiger partial charge in [-0.15, -0.1) is 0 Å². The predicted molar refractivity (Wildman–Crippen MR) is 71.8 cm³/mol. The van der Waals surface area contributed by atoms with Crippen LogP contribution in [0, 0.1) is 5.92 Å². The molecule has 2 nitrogen and oxygen atoms in total. The fraction of sp³-hybridized carbons (Fsp3) is 0.538. The number of methoxy groups -OCH3 is 1. The van der Waals surface area contributed by atoms with Crippen LogP contribution in [0.1, 0.15) is 18.9 Å². The first kappa shape index (κ1) is 14.8. The maximum absolute atomic E-state index is 10.0. The van der Waals surface area contributed by atoms with Crippen LogP contribution in [-0.4, -0.2) is 24.9 Å². The van der Waals surface area contributed by atoms with Crippen LogP contribution in [0.2, 0.25) is 10.0 Å². The molecule has 0 aliphatic heterocycles. The first-order valence-electron chi connectivity index (χ1n) is 5.65. The second-order valence-corrected chi connectivity index (χ2v) is 5.09. The SMILES string of the molecule is COCCC(C)C(O)Cc1ccc(Cl)c(Cl)c1. The van der Waals surface area contributed by atoms with Crippen LogP contribution >= 0.6 is 23.2 Å². The van der Waals surface area contributed by atoms with Crippen LogP contribution in [0.4, 0.5) is 0 Å². The van der Waals surface area contributed by atoms with E-state index in [0.29, 0.717) is 23.1 Å². The maximum atomic E-state index is 10.0. The molecule has 0 saturated carbocycles. The van der Waals surface area contributed by atoms with E-state index < -0.39 is 0 Å². The Kier molecular flexibility index (Phi) is 6.28. The number of hydrogen-bond acceptors (Lipinski definition) is 2. The van der Waals surface area contributed by atoms with Gasteiger partial charge >= 0.3 is 0 Å². The minimum atomic E-state index is -0.387. The summed E-state index contributed by atoms with van der Waals surface area (Å²) in [6, 6.07) is 5.45. The molecule has 0 aromatic heterocycles. The van der Waals surface area contributed by atoms with Crippen molar-refractivity contribution < 1.29 is 9.84 Å². The van der Waals surface area contributed by atoms with Gasteiger partial charge in [0.05, 0.1) is 16.1 Å². The lowest BCUT2D eigenvalue weighted by Gasteiger charge is -2.18. The molecular formula is C13H18Cl2O2. The molecule has 1 aromatic carbocycles. The molecule has 4 heteroatoms. The highest BCUT2D eigenvalue weighted by Crippen LogP contribution is 2.24. The van der Waals surface area contributed by atoms with E-state index in [4.69, 9.17) is 27.9 Å². The zero-order chi connectivity index (χ0) is 12.8. The van der Waals surface area contributed by atoms with Crippen LogP contribution in [0.5, 0.6) is 0 Å². The third-order valence-electron chi connectivity index (χ3n) is 2.86. The molecule has 1 rings (SSSR count). The van der Waals surface area contributed by atoms with Crippen molar-refractivity contribution in [1.29, 1.82) is 0 Å². The number of rotatable bonds is 6. The number of aliphatic hydroxyl groups excluding tert-OH is 1. The van der Waals surface area contributed by atoms with E-state index in [1.807, 2.05) is 13.0 Å². The Bertz CT molecular complexity index is 355. The topological polar surface area (TPSA) is 29.5 Å². The molecule has 17 heavy (non-hydrogen) atoms. The Morgan fingerprint density at radius 2 is 2.00 bits per heavy atom. The fourth-order valence-electron chi connectivity index (χ4n) is 1.61. The quantitative estimate of drug-likeness (QED) is 0.861. The Balaban J connectivity index is 2.55. The van der Waals surface area contributed by atoms with Crippen molar-refractivity contribution in [3.63, 3.8) is 0 Å². The highest BCUT2D eigenvalue weighted by Gasteiger charge is 2.15. The molecule has 0 heterocycles. The van der Waals surface area contributed by atoms with E-state index >= 15 is 0 Å².